The Morgan fingerprint density at radius 2 is 1.79 bits per heavy atom. The summed E-state index contributed by atoms with van der Waals surface area (Å²) in [5.41, 5.74) is 3.01. The Morgan fingerprint density at radius 1 is 1.05 bits per heavy atom. The van der Waals surface area contributed by atoms with Crippen molar-refractivity contribution in [2.75, 3.05) is 38.1 Å². The van der Waals surface area contributed by atoms with Crippen molar-refractivity contribution < 1.29 is 14.0 Å². The molecule has 5 rings (SSSR count). The zero-order valence-electron chi connectivity index (χ0n) is 22.2. The number of hydrogen-bond acceptors (Lipinski definition) is 4. The van der Waals surface area contributed by atoms with Crippen LogP contribution in [0.3, 0.4) is 0 Å². The van der Waals surface area contributed by atoms with Crippen LogP contribution >= 0.6 is 11.8 Å². The lowest BCUT2D eigenvalue weighted by molar-refractivity contribution is -0.114. The number of nitrogens with one attached hydrogen (secondary N) is 1. The van der Waals surface area contributed by atoms with E-state index in [9.17, 15) is 14.0 Å². The first kappa shape index (κ1) is 27.2. The number of amides is 2. The zero-order valence-corrected chi connectivity index (χ0v) is 23.1. The zero-order chi connectivity index (χ0) is 27.2. The highest BCUT2D eigenvalue weighted by molar-refractivity contribution is 8.04. The number of halogens is 1. The van der Waals surface area contributed by atoms with Crippen molar-refractivity contribution in [2.45, 2.75) is 30.6 Å². The maximum atomic E-state index is 14.1. The van der Waals surface area contributed by atoms with E-state index in [0.29, 0.717) is 28.3 Å². The Kier molecular flexibility index (Phi) is 8.79. The number of piperidine rings is 1. The summed E-state index contributed by atoms with van der Waals surface area (Å²) >= 11 is 1.30. The maximum Gasteiger partial charge on any atom is 0.264 e. The number of hydrogen-bond donors (Lipinski definition) is 1. The van der Waals surface area contributed by atoms with E-state index in [0.717, 1.165) is 43.3 Å². The third-order valence-corrected chi connectivity index (χ3v) is 8.60. The average Bonchev–Trinajstić information content (AvgIpc) is 2.96. The number of carbonyl (C=O) groups is 2. The van der Waals surface area contributed by atoms with Crippen LogP contribution < -0.4 is 10.2 Å². The van der Waals surface area contributed by atoms with Gasteiger partial charge in [0.1, 0.15) is 5.82 Å². The fraction of sp³-hybridized carbons (Fsp3) is 0.312. The number of carbonyl (C=O) groups excluding carboxylic acids is 2. The third kappa shape index (κ3) is 6.78. The van der Waals surface area contributed by atoms with Gasteiger partial charge < -0.3 is 15.1 Å². The van der Waals surface area contributed by atoms with Crippen LogP contribution in [0.5, 0.6) is 0 Å². The summed E-state index contributed by atoms with van der Waals surface area (Å²) in [5.74, 6) is 0.0202. The molecule has 2 heterocycles. The number of fused-ring (bicyclic) bond motifs is 1. The van der Waals surface area contributed by atoms with Gasteiger partial charge in [-0.15, -0.1) is 0 Å². The van der Waals surface area contributed by atoms with Gasteiger partial charge in [0.15, 0.2) is 0 Å². The Morgan fingerprint density at radius 3 is 2.56 bits per heavy atom. The third-order valence-electron chi connectivity index (χ3n) is 7.52. The lowest BCUT2D eigenvalue weighted by Gasteiger charge is -2.32. The van der Waals surface area contributed by atoms with Crippen molar-refractivity contribution in [2.24, 2.45) is 5.92 Å². The van der Waals surface area contributed by atoms with E-state index in [1.807, 2.05) is 6.07 Å². The number of nitrogens with zero attached hydrogens (tertiary/aromatic N) is 2. The molecule has 1 saturated heterocycles. The molecule has 7 heteroatoms. The first-order valence-corrected chi connectivity index (χ1v) is 14.4. The summed E-state index contributed by atoms with van der Waals surface area (Å²) < 4.78 is 14.1. The Labute approximate surface area is 234 Å². The van der Waals surface area contributed by atoms with Crippen LogP contribution in [0.15, 0.2) is 82.6 Å². The molecular weight excluding hydrogens is 509 g/mol. The standard InChI is InChI=1S/C32H34FN3O2S/c1-35-28-21-26(12-13-29(28)39-30(32(35)38)22-25-10-5-6-11-27(25)33)31(37)34-16-7-17-36-18-14-24(15-19-36)20-23-8-3-2-4-9-23/h2-6,8-13,21-22,24H,7,14-20H2,1H3,(H,34,37). The highest BCUT2D eigenvalue weighted by Crippen LogP contribution is 2.42. The highest BCUT2D eigenvalue weighted by Gasteiger charge is 2.27. The van der Waals surface area contributed by atoms with Crippen molar-refractivity contribution in [1.82, 2.24) is 10.2 Å². The topological polar surface area (TPSA) is 52.7 Å². The van der Waals surface area contributed by atoms with Gasteiger partial charge in [0.25, 0.3) is 11.8 Å². The normalized spacial score (nSPS) is 17.3. The molecule has 0 unspecified atom stereocenters. The molecule has 0 spiro atoms. The van der Waals surface area contributed by atoms with Gasteiger partial charge in [-0.1, -0.05) is 60.3 Å². The molecule has 0 radical (unpaired) electrons. The fourth-order valence-electron chi connectivity index (χ4n) is 5.24. The number of benzene rings is 3. The van der Waals surface area contributed by atoms with Gasteiger partial charge in [-0.2, -0.15) is 0 Å². The largest absolute Gasteiger partial charge is 0.352 e. The number of rotatable bonds is 8. The summed E-state index contributed by atoms with van der Waals surface area (Å²) in [6.45, 7) is 3.82. The van der Waals surface area contributed by atoms with Gasteiger partial charge in [0.05, 0.1) is 10.6 Å². The molecule has 2 aliphatic heterocycles. The van der Waals surface area contributed by atoms with Gasteiger partial charge in [0.2, 0.25) is 0 Å². The molecule has 39 heavy (non-hydrogen) atoms. The summed E-state index contributed by atoms with van der Waals surface area (Å²) in [6.07, 6.45) is 6.08. The van der Waals surface area contributed by atoms with E-state index < -0.39 is 0 Å². The van der Waals surface area contributed by atoms with E-state index in [-0.39, 0.29) is 17.6 Å². The molecule has 202 valence electrons. The Hall–Kier alpha value is -3.42. The molecule has 0 saturated carbocycles. The van der Waals surface area contributed by atoms with Crippen LogP contribution in [0.4, 0.5) is 10.1 Å². The van der Waals surface area contributed by atoms with Crippen LogP contribution in [0.1, 0.15) is 40.7 Å². The summed E-state index contributed by atoms with van der Waals surface area (Å²) in [6, 6.07) is 22.5. The highest BCUT2D eigenvalue weighted by atomic mass is 32.2. The van der Waals surface area contributed by atoms with Crippen LogP contribution in [0, 0.1) is 11.7 Å². The first-order chi connectivity index (χ1) is 19.0. The summed E-state index contributed by atoms with van der Waals surface area (Å²) in [4.78, 5) is 31.1. The lowest BCUT2D eigenvalue weighted by Crippen LogP contribution is -2.36. The van der Waals surface area contributed by atoms with Gasteiger partial charge >= 0.3 is 0 Å². The molecular formula is C32H34FN3O2S. The smallest absolute Gasteiger partial charge is 0.264 e. The van der Waals surface area contributed by atoms with Crippen molar-refractivity contribution in [3.05, 3.63) is 100 Å². The lowest BCUT2D eigenvalue weighted by atomic mass is 9.90. The molecule has 1 fully saturated rings. The van der Waals surface area contributed by atoms with Gasteiger partial charge in [0, 0.05) is 29.6 Å². The second-order valence-corrected chi connectivity index (χ2v) is 11.3. The van der Waals surface area contributed by atoms with Crippen molar-refractivity contribution >= 4 is 35.3 Å². The van der Waals surface area contributed by atoms with Crippen LogP contribution in [0.2, 0.25) is 0 Å². The monoisotopic (exact) mass is 543 g/mol. The molecule has 0 aliphatic carbocycles. The van der Waals surface area contributed by atoms with Crippen LogP contribution in [-0.2, 0) is 11.2 Å². The van der Waals surface area contributed by atoms with E-state index in [4.69, 9.17) is 0 Å². The van der Waals surface area contributed by atoms with Crippen LogP contribution in [0.25, 0.3) is 6.08 Å². The number of thioether (sulfide) groups is 1. The van der Waals surface area contributed by atoms with Crippen molar-refractivity contribution in [3.8, 4) is 0 Å². The summed E-state index contributed by atoms with van der Waals surface area (Å²) in [5, 5.41) is 3.03. The molecule has 5 nitrogen and oxygen atoms in total. The summed E-state index contributed by atoms with van der Waals surface area (Å²) in [7, 11) is 1.68. The van der Waals surface area contributed by atoms with E-state index in [1.165, 1.54) is 41.1 Å². The van der Waals surface area contributed by atoms with E-state index >= 15 is 0 Å². The molecule has 3 aromatic carbocycles. The molecule has 1 N–H and O–H groups in total. The van der Waals surface area contributed by atoms with E-state index in [2.05, 4.69) is 40.5 Å². The fourth-order valence-corrected chi connectivity index (χ4v) is 6.32. The van der Waals surface area contributed by atoms with Gasteiger partial charge in [-0.3, -0.25) is 9.59 Å². The minimum atomic E-state index is -0.369. The number of likely N-dealkylation sites (tertiary alicyclic amines) is 1. The number of likely N-dealkylation sites (N-methyl/N-ethyl adjacent to an activating group) is 1. The minimum absolute atomic E-state index is 0.141. The number of anilines is 1. The second-order valence-electron chi connectivity index (χ2n) is 10.3. The molecule has 0 bridgehead atoms. The maximum absolute atomic E-state index is 14.1. The van der Waals surface area contributed by atoms with Crippen molar-refractivity contribution in [1.29, 1.82) is 0 Å². The Balaban J connectivity index is 1.10. The minimum Gasteiger partial charge on any atom is -0.352 e. The van der Waals surface area contributed by atoms with Crippen LogP contribution in [-0.4, -0.2) is 49.9 Å². The molecule has 2 aliphatic rings. The predicted octanol–water partition coefficient (Wildman–Crippen LogP) is 6.01. The molecule has 0 atom stereocenters. The average molecular weight is 544 g/mol. The van der Waals surface area contributed by atoms with Crippen molar-refractivity contribution in [3.63, 3.8) is 0 Å². The first-order valence-electron chi connectivity index (χ1n) is 13.6. The van der Waals surface area contributed by atoms with E-state index in [1.54, 1.807) is 43.5 Å². The van der Waals surface area contributed by atoms with Gasteiger partial charge in [-0.05, 0) is 87.1 Å². The molecule has 3 aromatic rings. The Bertz CT molecular complexity index is 1350. The SMILES string of the molecule is CN1C(=O)C(=Cc2ccccc2F)Sc2ccc(C(=O)NCCCN3CCC(Cc4ccccc4)CC3)cc21. The predicted molar refractivity (Wildman–Crippen MR) is 156 cm³/mol. The molecule has 2 amide bonds. The quantitative estimate of drug-likeness (QED) is 0.279. The molecule has 0 aromatic heterocycles. The van der Waals surface area contributed by atoms with Gasteiger partial charge in [-0.25, -0.2) is 4.39 Å². The second kappa shape index (κ2) is 12.6.